The molecule has 0 saturated carbocycles. The first-order valence-electron chi connectivity index (χ1n) is 6.52. The predicted molar refractivity (Wildman–Crippen MR) is 77.5 cm³/mol. The summed E-state index contributed by atoms with van der Waals surface area (Å²) < 4.78 is 5.31. The van der Waals surface area contributed by atoms with E-state index in [2.05, 4.69) is 10.3 Å². The fourth-order valence-corrected chi connectivity index (χ4v) is 1.96. The van der Waals surface area contributed by atoms with E-state index in [1.165, 1.54) is 6.20 Å². The van der Waals surface area contributed by atoms with Crippen LogP contribution in [0, 0.1) is 0 Å². The van der Waals surface area contributed by atoms with E-state index in [9.17, 15) is 14.7 Å². The summed E-state index contributed by atoms with van der Waals surface area (Å²) in [6, 6.07) is 6.88. The van der Waals surface area contributed by atoms with Crippen molar-refractivity contribution in [3.63, 3.8) is 0 Å². The molecule has 0 unspecified atom stereocenters. The third-order valence-corrected chi connectivity index (χ3v) is 2.76. The van der Waals surface area contributed by atoms with E-state index in [1.807, 2.05) is 13.8 Å². The molecular formula is C15H16N2O4. The number of amides is 1. The van der Waals surface area contributed by atoms with Crippen LogP contribution in [0.1, 0.15) is 24.2 Å². The van der Waals surface area contributed by atoms with Crippen molar-refractivity contribution in [1.82, 2.24) is 10.3 Å². The number of rotatable bonds is 5. The number of pyridine rings is 1. The van der Waals surface area contributed by atoms with Crippen LogP contribution in [-0.2, 0) is 4.79 Å². The Kier molecular flexibility index (Phi) is 4.37. The molecule has 2 rings (SSSR count). The van der Waals surface area contributed by atoms with Crippen LogP contribution < -0.4 is 10.1 Å². The minimum absolute atomic E-state index is 0.00484. The van der Waals surface area contributed by atoms with Gasteiger partial charge in [0.2, 0.25) is 0 Å². The zero-order valence-electron chi connectivity index (χ0n) is 11.8. The van der Waals surface area contributed by atoms with Gasteiger partial charge in [-0.1, -0.05) is 18.2 Å². The minimum atomic E-state index is -1.12. The van der Waals surface area contributed by atoms with E-state index in [4.69, 9.17) is 4.74 Å². The van der Waals surface area contributed by atoms with E-state index in [1.54, 1.807) is 24.3 Å². The fraction of sp³-hybridized carbons (Fsp3) is 0.267. The van der Waals surface area contributed by atoms with E-state index in [0.717, 1.165) is 0 Å². The number of carboxylic acids is 1. The second-order valence-electron chi connectivity index (χ2n) is 4.83. The number of para-hydroxylation sites is 1. The number of fused-ring (bicyclic) bond motifs is 1. The highest BCUT2D eigenvalue weighted by Crippen LogP contribution is 2.26. The predicted octanol–water partition coefficient (Wildman–Crippen LogP) is 1.84. The molecule has 0 saturated heterocycles. The molecule has 0 aliphatic heterocycles. The summed E-state index contributed by atoms with van der Waals surface area (Å²) in [5.74, 6) is -1.34. The van der Waals surface area contributed by atoms with E-state index in [-0.39, 0.29) is 29.9 Å². The van der Waals surface area contributed by atoms with Gasteiger partial charge in [0.25, 0.3) is 5.91 Å². The molecule has 0 fully saturated rings. The summed E-state index contributed by atoms with van der Waals surface area (Å²) in [5.41, 5.74) is 0.576. The zero-order valence-corrected chi connectivity index (χ0v) is 11.8. The Morgan fingerprint density at radius 1 is 1.33 bits per heavy atom. The number of hydrogen-bond donors (Lipinski definition) is 2. The Balaban J connectivity index is 2.29. The third-order valence-electron chi connectivity index (χ3n) is 2.76. The molecule has 110 valence electrons. The Morgan fingerprint density at radius 3 is 2.71 bits per heavy atom. The second-order valence-corrected chi connectivity index (χ2v) is 4.83. The normalized spacial score (nSPS) is 10.6. The Bertz CT molecular complexity index is 682. The number of nitrogens with zero attached hydrogens (tertiary/aromatic N) is 1. The van der Waals surface area contributed by atoms with Gasteiger partial charge in [0, 0.05) is 11.4 Å². The van der Waals surface area contributed by atoms with Crippen molar-refractivity contribution in [3.05, 3.63) is 36.0 Å². The van der Waals surface area contributed by atoms with Gasteiger partial charge in [0.05, 0.1) is 11.7 Å². The van der Waals surface area contributed by atoms with Crippen molar-refractivity contribution in [2.45, 2.75) is 19.9 Å². The monoisotopic (exact) mass is 288 g/mol. The summed E-state index contributed by atoms with van der Waals surface area (Å²) >= 11 is 0. The summed E-state index contributed by atoms with van der Waals surface area (Å²) in [6.45, 7) is 3.41. The summed E-state index contributed by atoms with van der Waals surface area (Å²) in [5, 5.41) is 12.5. The summed E-state index contributed by atoms with van der Waals surface area (Å²) in [4.78, 5) is 27.2. The van der Waals surface area contributed by atoms with Crippen molar-refractivity contribution in [2.75, 3.05) is 6.61 Å². The molecule has 6 heteroatoms. The molecule has 2 aromatic rings. The van der Waals surface area contributed by atoms with E-state index >= 15 is 0 Å². The van der Waals surface area contributed by atoms with Gasteiger partial charge in [-0.05, 0) is 19.9 Å². The Labute approximate surface area is 121 Å². The van der Waals surface area contributed by atoms with Gasteiger partial charge in [-0.25, -0.2) is 4.79 Å². The maximum atomic E-state index is 11.6. The molecule has 0 atom stereocenters. The number of hydrogen-bond acceptors (Lipinski definition) is 4. The van der Waals surface area contributed by atoms with Gasteiger partial charge >= 0.3 is 5.97 Å². The Morgan fingerprint density at radius 2 is 2.05 bits per heavy atom. The standard InChI is InChI=1S/C15H16N2O4/c1-9(2)17-13(18)8-21-12-7-16-11-6-4-3-5-10(11)14(12)15(19)20/h3-7,9H,8H2,1-2H3,(H,17,18)(H,19,20). The average Bonchev–Trinajstić information content (AvgIpc) is 2.43. The van der Waals surface area contributed by atoms with Crippen molar-refractivity contribution in [2.24, 2.45) is 0 Å². The summed E-state index contributed by atoms with van der Waals surface area (Å²) in [6.07, 6.45) is 1.33. The van der Waals surface area contributed by atoms with Crippen LogP contribution in [0.4, 0.5) is 0 Å². The average molecular weight is 288 g/mol. The van der Waals surface area contributed by atoms with Crippen molar-refractivity contribution < 1.29 is 19.4 Å². The maximum absolute atomic E-state index is 11.6. The number of carbonyl (C=O) groups is 2. The SMILES string of the molecule is CC(C)NC(=O)COc1cnc2ccccc2c1C(=O)O. The van der Waals surface area contributed by atoms with Crippen LogP contribution in [-0.4, -0.2) is 34.6 Å². The molecule has 1 heterocycles. The first kappa shape index (κ1) is 14.8. The first-order chi connectivity index (χ1) is 9.99. The molecule has 1 amide bonds. The lowest BCUT2D eigenvalue weighted by Gasteiger charge is -2.12. The van der Waals surface area contributed by atoms with Crippen molar-refractivity contribution >= 4 is 22.8 Å². The lowest BCUT2D eigenvalue weighted by molar-refractivity contribution is -0.123. The van der Waals surface area contributed by atoms with Crippen LogP contribution in [0.15, 0.2) is 30.5 Å². The van der Waals surface area contributed by atoms with Crippen molar-refractivity contribution in [1.29, 1.82) is 0 Å². The number of ether oxygens (including phenoxy) is 1. The van der Waals surface area contributed by atoms with E-state index in [0.29, 0.717) is 10.9 Å². The van der Waals surface area contributed by atoms with Crippen LogP contribution in [0.25, 0.3) is 10.9 Å². The number of nitrogens with one attached hydrogen (secondary N) is 1. The quantitative estimate of drug-likeness (QED) is 0.876. The lowest BCUT2D eigenvalue weighted by Crippen LogP contribution is -2.34. The molecule has 0 bridgehead atoms. The molecule has 1 aromatic heterocycles. The lowest BCUT2D eigenvalue weighted by atomic mass is 10.1. The van der Waals surface area contributed by atoms with Gasteiger partial charge < -0.3 is 15.2 Å². The molecule has 0 radical (unpaired) electrons. The molecule has 0 aliphatic carbocycles. The highest BCUT2D eigenvalue weighted by Gasteiger charge is 2.17. The molecule has 0 spiro atoms. The molecule has 2 N–H and O–H groups in total. The van der Waals surface area contributed by atoms with Crippen LogP contribution in [0.2, 0.25) is 0 Å². The highest BCUT2D eigenvalue weighted by atomic mass is 16.5. The van der Waals surface area contributed by atoms with Crippen molar-refractivity contribution in [3.8, 4) is 5.75 Å². The third kappa shape index (κ3) is 3.47. The number of carboxylic acid groups (broad SMARTS) is 1. The molecule has 0 aliphatic rings. The van der Waals surface area contributed by atoms with Gasteiger partial charge in [-0.3, -0.25) is 9.78 Å². The largest absolute Gasteiger partial charge is 0.481 e. The molecule has 1 aromatic carbocycles. The number of benzene rings is 1. The maximum Gasteiger partial charge on any atom is 0.340 e. The van der Waals surface area contributed by atoms with Gasteiger partial charge in [0.1, 0.15) is 5.56 Å². The number of carbonyl (C=O) groups excluding carboxylic acids is 1. The molecular weight excluding hydrogens is 272 g/mol. The minimum Gasteiger partial charge on any atom is -0.481 e. The van der Waals surface area contributed by atoms with Gasteiger partial charge in [-0.15, -0.1) is 0 Å². The smallest absolute Gasteiger partial charge is 0.340 e. The zero-order chi connectivity index (χ0) is 15.4. The van der Waals surface area contributed by atoms with E-state index < -0.39 is 5.97 Å². The summed E-state index contributed by atoms with van der Waals surface area (Å²) in [7, 11) is 0. The van der Waals surface area contributed by atoms with Gasteiger partial charge in [0.15, 0.2) is 12.4 Å². The second kappa shape index (κ2) is 6.21. The van der Waals surface area contributed by atoms with Crippen LogP contribution in [0.3, 0.4) is 0 Å². The first-order valence-corrected chi connectivity index (χ1v) is 6.52. The van der Waals surface area contributed by atoms with Crippen LogP contribution >= 0.6 is 0 Å². The van der Waals surface area contributed by atoms with Gasteiger partial charge in [-0.2, -0.15) is 0 Å². The number of aromatic nitrogens is 1. The number of aromatic carboxylic acids is 1. The molecule has 21 heavy (non-hydrogen) atoms. The fourth-order valence-electron chi connectivity index (χ4n) is 1.96. The Hall–Kier alpha value is -2.63. The van der Waals surface area contributed by atoms with Crippen LogP contribution in [0.5, 0.6) is 5.75 Å². The topological polar surface area (TPSA) is 88.5 Å². The highest BCUT2D eigenvalue weighted by molar-refractivity contribution is 6.04. The molecule has 6 nitrogen and oxygen atoms in total.